The third-order valence-corrected chi connectivity index (χ3v) is 10.2. The van der Waals surface area contributed by atoms with E-state index < -0.39 is 35.1 Å². The van der Waals surface area contributed by atoms with Gasteiger partial charge >= 0.3 is 0 Å². The standard InChI is InChI=1S/C35H42ClN3O5/c1-6-20-37(25-12-10-9-11-13-25)31(41)28-29-32(42)39(27(22-40)23(4)8-3)30(35(29)19-18-34(28,5)44-35)33(43)38(21-7-2)26-16-14-24(36)15-17-26/h6-7,9-17,23,27-30,40H,1-2,8,18-22H2,3-5H3/t23-,27-,28-,29-,30?,34+,35?/m0/s1. The third-order valence-electron chi connectivity index (χ3n) is 9.92. The van der Waals surface area contributed by atoms with Crippen LogP contribution in [-0.4, -0.2) is 70.7 Å². The summed E-state index contributed by atoms with van der Waals surface area (Å²) in [6.07, 6.45) is 4.93. The van der Waals surface area contributed by atoms with Crippen molar-refractivity contribution < 1.29 is 24.2 Å². The predicted molar refractivity (Wildman–Crippen MR) is 172 cm³/mol. The number of carbonyl (C=O) groups excluding carboxylic acids is 3. The molecule has 2 aromatic carbocycles. The first kappa shape index (κ1) is 31.9. The Kier molecular flexibility index (Phi) is 9.08. The summed E-state index contributed by atoms with van der Waals surface area (Å²) in [4.78, 5) is 49.0. The van der Waals surface area contributed by atoms with Crippen LogP contribution in [0.4, 0.5) is 11.4 Å². The fourth-order valence-electron chi connectivity index (χ4n) is 7.64. The molecule has 3 saturated heterocycles. The molecule has 0 aliphatic carbocycles. The minimum absolute atomic E-state index is 0.110. The number of rotatable bonds is 12. The molecule has 9 heteroatoms. The van der Waals surface area contributed by atoms with Crippen LogP contribution in [0.1, 0.15) is 40.0 Å². The Labute approximate surface area is 264 Å². The first-order valence-corrected chi connectivity index (χ1v) is 15.7. The topological polar surface area (TPSA) is 90.4 Å². The van der Waals surface area contributed by atoms with Gasteiger partial charge in [-0.1, -0.05) is 62.2 Å². The maximum atomic E-state index is 14.9. The lowest BCUT2D eigenvalue weighted by Gasteiger charge is -2.41. The molecule has 0 radical (unpaired) electrons. The number of benzene rings is 2. The highest BCUT2D eigenvalue weighted by molar-refractivity contribution is 6.30. The Bertz CT molecular complexity index is 1420. The Morgan fingerprint density at radius 1 is 1.05 bits per heavy atom. The molecule has 5 rings (SSSR count). The number of hydrogen-bond acceptors (Lipinski definition) is 5. The maximum absolute atomic E-state index is 14.9. The van der Waals surface area contributed by atoms with Gasteiger partial charge in [0.25, 0.3) is 5.91 Å². The highest BCUT2D eigenvalue weighted by atomic mass is 35.5. The second-order valence-electron chi connectivity index (χ2n) is 12.4. The van der Waals surface area contributed by atoms with Crippen molar-refractivity contribution in [3.8, 4) is 0 Å². The third kappa shape index (κ3) is 5.07. The largest absolute Gasteiger partial charge is 0.394 e. The van der Waals surface area contributed by atoms with E-state index in [2.05, 4.69) is 13.2 Å². The summed E-state index contributed by atoms with van der Waals surface area (Å²) in [6, 6.07) is 14.5. The Morgan fingerprint density at radius 3 is 2.20 bits per heavy atom. The number of likely N-dealkylation sites (tertiary alicyclic amines) is 1. The summed E-state index contributed by atoms with van der Waals surface area (Å²) in [6.45, 7) is 13.7. The molecule has 3 amide bonds. The number of para-hydroxylation sites is 1. The fraction of sp³-hybridized carbons (Fsp3) is 0.457. The molecule has 3 aliphatic rings. The smallest absolute Gasteiger partial charge is 0.253 e. The number of nitrogens with zero attached hydrogens (tertiary/aromatic N) is 3. The summed E-state index contributed by atoms with van der Waals surface area (Å²) in [5, 5.41) is 11.2. The molecule has 3 fully saturated rings. The van der Waals surface area contributed by atoms with Gasteiger partial charge in [-0.25, -0.2) is 0 Å². The molecule has 7 atom stereocenters. The Balaban J connectivity index is 1.65. The second-order valence-corrected chi connectivity index (χ2v) is 12.8. The number of amides is 3. The molecule has 8 nitrogen and oxygen atoms in total. The summed E-state index contributed by atoms with van der Waals surface area (Å²) < 4.78 is 6.88. The number of hydrogen-bond donors (Lipinski definition) is 1. The fourth-order valence-corrected chi connectivity index (χ4v) is 7.76. The van der Waals surface area contributed by atoms with Crippen LogP contribution in [0.15, 0.2) is 79.9 Å². The molecule has 0 aromatic heterocycles. The van der Waals surface area contributed by atoms with E-state index in [1.807, 2.05) is 51.1 Å². The van der Waals surface area contributed by atoms with Crippen molar-refractivity contribution in [2.24, 2.45) is 17.8 Å². The van der Waals surface area contributed by atoms with Crippen LogP contribution in [0.5, 0.6) is 0 Å². The molecular formula is C35H42ClN3O5. The Hall–Kier alpha value is -3.46. The highest BCUT2D eigenvalue weighted by Gasteiger charge is 2.79. The van der Waals surface area contributed by atoms with E-state index in [0.717, 1.165) is 0 Å². The second kappa shape index (κ2) is 12.5. The van der Waals surface area contributed by atoms with E-state index in [4.69, 9.17) is 16.3 Å². The van der Waals surface area contributed by atoms with E-state index in [1.165, 1.54) is 0 Å². The number of fused-ring (bicyclic) bond motifs is 1. The monoisotopic (exact) mass is 619 g/mol. The van der Waals surface area contributed by atoms with Gasteiger partial charge in [-0.15, -0.1) is 13.2 Å². The number of halogens is 1. The molecule has 1 spiro atoms. The van der Waals surface area contributed by atoms with Gasteiger partial charge in [0.05, 0.1) is 30.1 Å². The maximum Gasteiger partial charge on any atom is 0.253 e. The van der Waals surface area contributed by atoms with Crippen LogP contribution >= 0.6 is 11.6 Å². The van der Waals surface area contributed by atoms with Crippen molar-refractivity contribution in [3.05, 3.63) is 84.9 Å². The van der Waals surface area contributed by atoms with Crippen molar-refractivity contribution in [2.45, 2.75) is 63.3 Å². The van der Waals surface area contributed by atoms with Crippen LogP contribution in [0.25, 0.3) is 0 Å². The average molecular weight is 620 g/mol. The number of aliphatic hydroxyl groups is 1. The van der Waals surface area contributed by atoms with E-state index in [1.54, 1.807) is 51.1 Å². The quantitative estimate of drug-likeness (QED) is 0.328. The zero-order chi connectivity index (χ0) is 31.8. The summed E-state index contributed by atoms with van der Waals surface area (Å²) >= 11 is 6.16. The number of aliphatic hydroxyl groups excluding tert-OH is 1. The van der Waals surface area contributed by atoms with Crippen molar-refractivity contribution in [3.63, 3.8) is 0 Å². The van der Waals surface area contributed by atoms with Crippen LogP contribution in [-0.2, 0) is 19.1 Å². The van der Waals surface area contributed by atoms with Crippen molar-refractivity contribution >= 4 is 40.7 Å². The number of carbonyl (C=O) groups is 3. The first-order chi connectivity index (χ1) is 21.1. The van der Waals surface area contributed by atoms with Crippen LogP contribution < -0.4 is 9.80 Å². The lowest BCUT2D eigenvalue weighted by atomic mass is 9.66. The molecule has 1 N–H and O–H groups in total. The van der Waals surface area contributed by atoms with Crippen molar-refractivity contribution in [2.75, 3.05) is 29.5 Å². The van der Waals surface area contributed by atoms with E-state index in [0.29, 0.717) is 35.7 Å². The normalized spacial score (nSPS) is 28.3. The Morgan fingerprint density at radius 2 is 1.64 bits per heavy atom. The summed E-state index contributed by atoms with van der Waals surface area (Å²) in [7, 11) is 0. The van der Waals surface area contributed by atoms with Gasteiger partial charge in [-0.05, 0) is 62.1 Å². The zero-order valence-electron chi connectivity index (χ0n) is 25.7. The lowest BCUT2D eigenvalue weighted by molar-refractivity contribution is -0.149. The van der Waals surface area contributed by atoms with Gasteiger partial charge in [-0.3, -0.25) is 14.4 Å². The molecule has 2 aromatic rings. The number of ether oxygens (including phenoxy) is 1. The van der Waals surface area contributed by atoms with Gasteiger partial charge < -0.3 is 24.5 Å². The van der Waals surface area contributed by atoms with Crippen LogP contribution in [0.3, 0.4) is 0 Å². The highest BCUT2D eigenvalue weighted by Crippen LogP contribution is 2.64. The van der Waals surface area contributed by atoms with Gasteiger partial charge in [0, 0.05) is 29.5 Å². The molecule has 44 heavy (non-hydrogen) atoms. The van der Waals surface area contributed by atoms with E-state index in [-0.39, 0.29) is 43.3 Å². The molecular weight excluding hydrogens is 578 g/mol. The first-order valence-electron chi connectivity index (χ1n) is 15.4. The lowest BCUT2D eigenvalue weighted by Crippen LogP contribution is -2.60. The minimum Gasteiger partial charge on any atom is -0.394 e. The molecule has 234 valence electrons. The van der Waals surface area contributed by atoms with Crippen LogP contribution in [0, 0.1) is 17.8 Å². The van der Waals surface area contributed by atoms with Gasteiger partial charge in [0.1, 0.15) is 11.6 Å². The molecule has 2 bridgehead atoms. The SMILES string of the molecule is C=CCN(C(=O)C1N([C@@H](CO)[C@@H](C)CC)C(=O)[C@@H]2[C@@H](C(=O)N(CC=C)c3ccccc3)[C@@]3(C)CCC12O3)c1ccc(Cl)cc1. The van der Waals surface area contributed by atoms with Gasteiger partial charge in [0.2, 0.25) is 11.8 Å². The van der Waals surface area contributed by atoms with Crippen LogP contribution in [0.2, 0.25) is 5.02 Å². The summed E-state index contributed by atoms with van der Waals surface area (Å²) in [5.74, 6) is -2.74. The molecule has 3 heterocycles. The van der Waals surface area contributed by atoms with Crippen molar-refractivity contribution in [1.82, 2.24) is 4.90 Å². The zero-order valence-corrected chi connectivity index (χ0v) is 26.5. The van der Waals surface area contributed by atoms with Gasteiger partial charge in [0.15, 0.2) is 0 Å². The van der Waals surface area contributed by atoms with Crippen molar-refractivity contribution in [1.29, 1.82) is 0 Å². The molecule has 2 unspecified atom stereocenters. The van der Waals surface area contributed by atoms with Gasteiger partial charge in [-0.2, -0.15) is 0 Å². The number of anilines is 2. The summed E-state index contributed by atoms with van der Waals surface area (Å²) in [5.41, 5.74) is -0.902. The van der Waals surface area contributed by atoms with E-state index >= 15 is 0 Å². The minimum atomic E-state index is -1.24. The molecule has 3 aliphatic heterocycles. The molecule has 0 saturated carbocycles. The predicted octanol–water partition coefficient (Wildman–Crippen LogP) is 5.25. The average Bonchev–Trinajstić information content (AvgIpc) is 3.60. The van der Waals surface area contributed by atoms with E-state index in [9.17, 15) is 19.5 Å².